The molecule has 6 nitrogen and oxygen atoms in total. The number of carbonyl (C=O) groups is 1. The van der Waals surface area contributed by atoms with Gasteiger partial charge in [-0.15, -0.1) is 0 Å². The van der Waals surface area contributed by atoms with Crippen LogP contribution in [-0.2, 0) is 17.6 Å². The summed E-state index contributed by atoms with van der Waals surface area (Å²) in [7, 11) is 1.29. The summed E-state index contributed by atoms with van der Waals surface area (Å²) < 4.78 is 6.42. The number of rotatable bonds is 5. The minimum atomic E-state index is -0.578. The standard InChI is InChI=1S/C20H18N4O2/c1-26-20(25)19-18(22)16(12-21)13-24(19)17-4-2-3-15(11-17)6-5-14-7-9-23-10-8-14/h2-4,7-11,13H,5-6,22H2,1H3. The second-order valence-electron chi connectivity index (χ2n) is 5.80. The Kier molecular flexibility index (Phi) is 4.99. The van der Waals surface area contributed by atoms with E-state index in [-0.39, 0.29) is 16.9 Å². The molecule has 0 unspecified atom stereocenters. The third-order valence-electron chi connectivity index (χ3n) is 4.18. The molecular formula is C20H18N4O2. The van der Waals surface area contributed by atoms with Crippen LogP contribution in [0.15, 0.2) is 55.0 Å². The van der Waals surface area contributed by atoms with E-state index in [0.717, 1.165) is 24.1 Å². The van der Waals surface area contributed by atoms with Gasteiger partial charge in [0.1, 0.15) is 6.07 Å². The molecule has 26 heavy (non-hydrogen) atoms. The first-order chi connectivity index (χ1) is 12.6. The zero-order valence-corrected chi connectivity index (χ0v) is 14.3. The number of ether oxygens (including phenoxy) is 1. The van der Waals surface area contributed by atoms with Gasteiger partial charge in [-0.3, -0.25) is 4.98 Å². The minimum absolute atomic E-state index is 0.126. The fourth-order valence-corrected chi connectivity index (χ4v) is 2.82. The average molecular weight is 346 g/mol. The molecule has 2 N–H and O–H groups in total. The van der Waals surface area contributed by atoms with Crippen LogP contribution in [0.3, 0.4) is 0 Å². The summed E-state index contributed by atoms with van der Waals surface area (Å²) in [5.41, 5.74) is 9.56. The molecule has 0 radical (unpaired) electrons. The highest BCUT2D eigenvalue weighted by Crippen LogP contribution is 2.25. The van der Waals surface area contributed by atoms with E-state index < -0.39 is 5.97 Å². The largest absolute Gasteiger partial charge is 0.464 e. The first-order valence-electron chi connectivity index (χ1n) is 8.11. The van der Waals surface area contributed by atoms with Gasteiger partial charge in [-0.05, 0) is 48.2 Å². The summed E-state index contributed by atoms with van der Waals surface area (Å²) in [6.07, 6.45) is 6.84. The van der Waals surface area contributed by atoms with Crippen molar-refractivity contribution in [1.29, 1.82) is 5.26 Å². The van der Waals surface area contributed by atoms with Crippen LogP contribution in [0.1, 0.15) is 27.2 Å². The number of aromatic nitrogens is 2. The number of nitrogen functional groups attached to an aromatic ring is 1. The van der Waals surface area contributed by atoms with Gasteiger partial charge in [-0.1, -0.05) is 12.1 Å². The van der Waals surface area contributed by atoms with Gasteiger partial charge in [0.15, 0.2) is 5.69 Å². The number of methoxy groups -OCH3 is 1. The second-order valence-corrected chi connectivity index (χ2v) is 5.80. The van der Waals surface area contributed by atoms with Crippen molar-refractivity contribution in [3.8, 4) is 11.8 Å². The van der Waals surface area contributed by atoms with Crippen LogP contribution >= 0.6 is 0 Å². The Balaban J connectivity index is 1.93. The summed E-state index contributed by atoms with van der Waals surface area (Å²) in [6, 6.07) is 13.8. The van der Waals surface area contributed by atoms with Crippen molar-refractivity contribution in [2.45, 2.75) is 12.8 Å². The van der Waals surface area contributed by atoms with Crippen LogP contribution in [-0.4, -0.2) is 22.6 Å². The molecule has 0 aliphatic carbocycles. The first kappa shape index (κ1) is 17.2. The number of esters is 1. The maximum atomic E-state index is 12.1. The van der Waals surface area contributed by atoms with Crippen molar-refractivity contribution in [1.82, 2.24) is 9.55 Å². The molecule has 3 aromatic rings. The van der Waals surface area contributed by atoms with E-state index in [1.807, 2.05) is 42.5 Å². The number of anilines is 1. The summed E-state index contributed by atoms with van der Waals surface area (Å²) in [5.74, 6) is -0.578. The number of nitrogens with zero attached hydrogens (tertiary/aromatic N) is 3. The zero-order chi connectivity index (χ0) is 18.5. The van der Waals surface area contributed by atoms with E-state index in [2.05, 4.69) is 4.98 Å². The predicted octanol–water partition coefficient (Wildman–Crippen LogP) is 2.90. The van der Waals surface area contributed by atoms with Gasteiger partial charge in [0.2, 0.25) is 0 Å². The summed E-state index contributed by atoms with van der Waals surface area (Å²) >= 11 is 0. The lowest BCUT2D eigenvalue weighted by Gasteiger charge is -2.10. The van der Waals surface area contributed by atoms with Gasteiger partial charge >= 0.3 is 5.97 Å². The molecule has 0 bridgehead atoms. The average Bonchev–Trinajstić information content (AvgIpc) is 3.03. The molecule has 3 rings (SSSR count). The molecule has 130 valence electrons. The SMILES string of the molecule is COC(=O)c1c(N)c(C#N)cn1-c1cccc(CCc2ccncc2)c1. The van der Waals surface area contributed by atoms with Gasteiger partial charge in [0.05, 0.1) is 18.4 Å². The van der Waals surface area contributed by atoms with Gasteiger partial charge < -0.3 is 15.0 Å². The molecule has 0 saturated heterocycles. The highest BCUT2D eigenvalue weighted by molar-refractivity contribution is 5.95. The van der Waals surface area contributed by atoms with Crippen LogP contribution in [0.4, 0.5) is 5.69 Å². The second kappa shape index (κ2) is 7.53. The fraction of sp³-hybridized carbons (Fsp3) is 0.150. The van der Waals surface area contributed by atoms with Crippen molar-refractivity contribution in [2.75, 3.05) is 12.8 Å². The third-order valence-corrected chi connectivity index (χ3v) is 4.18. The van der Waals surface area contributed by atoms with Crippen molar-refractivity contribution < 1.29 is 9.53 Å². The monoisotopic (exact) mass is 346 g/mol. The van der Waals surface area contributed by atoms with E-state index in [4.69, 9.17) is 10.5 Å². The zero-order valence-electron chi connectivity index (χ0n) is 14.3. The number of aryl methyl sites for hydroxylation is 2. The van der Waals surface area contributed by atoms with Crippen LogP contribution in [0.5, 0.6) is 0 Å². The maximum Gasteiger partial charge on any atom is 0.357 e. The predicted molar refractivity (Wildman–Crippen MR) is 97.9 cm³/mol. The summed E-state index contributed by atoms with van der Waals surface area (Å²) in [5, 5.41) is 9.22. The van der Waals surface area contributed by atoms with Crippen molar-refractivity contribution >= 4 is 11.7 Å². The molecule has 0 fully saturated rings. The Labute approximate surface area is 151 Å². The van der Waals surface area contributed by atoms with Crippen LogP contribution in [0.2, 0.25) is 0 Å². The molecule has 2 heterocycles. The molecule has 1 aromatic carbocycles. The topological polar surface area (TPSA) is 93.9 Å². The van der Waals surface area contributed by atoms with Crippen molar-refractivity contribution in [3.05, 3.63) is 77.4 Å². The Hall–Kier alpha value is -3.59. The number of benzene rings is 1. The number of carbonyl (C=O) groups excluding carboxylic acids is 1. The molecule has 0 amide bonds. The van der Waals surface area contributed by atoms with Gasteiger partial charge in [-0.2, -0.15) is 5.26 Å². The Morgan fingerprint density at radius 2 is 1.96 bits per heavy atom. The quantitative estimate of drug-likeness (QED) is 0.717. The number of nitrogens with two attached hydrogens (primary N) is 1. The van der Waals surface area contributed by atoms with Crippen molar-refractivity contribution in [2.24, 2.45) is 0 Å². The Morgan fingerprint density at radius 1 is 1.23 bits per heavy atom. The number of pyridine rings is 1. The van der Waals surface area contributed by atoms with E-state index in [1.54, 1.807) is 23.2 Å². The molecule has 0 saturated carbocycles. The van der Waals surface area contributed by atoms with E-state index in [9.17, 15) is 10.1 Å². The lowest BCUT2D eigenvalue weighted by molar-refractivity contribution is 0.0593. The highest BCUT2D eigenvalue weighted by Gasteiger charge is 2.21. The molecule has 0 spiro atoms. The molecular weight excluding hydrogens is 328 g/mol. The number of nitriles is 1. The van der Waals surface area contributed by atoms with Gasteiger partial charge in [-0.25, -0.2) is 4.79 Å². The summed E-state index contributed by atoms with van der Waals surface area (Å²) in [4.78, 5) is 16.1. The number of hydrogen-bond acceptors (Lipinski definition) is 5. The van der Waals surface area contributed by atoms with Gasteiger partial charge in [0, 0.05) is 24.3 Å². The molecule has 0 atom stereocenters. The maximum absolute atomic E-state index is 12.1. The molecule has 6 heteroatoms. The Bertz CT molecular complexity index is 971. The third kappa shape index (κ3) is 3.42. The fourth-order valence-electron chi connectivity index (χ4n) is 2.82. The van der Waals surface area contributed by atoms with Crippen molar-refractivity contribution in [3.63, 3.8) is 0 Å². The van der Waals surface area contributed by atoms with Crippen LogP contribution in [0.25, 0.3) is 5.69 Å². The van der Waals surface area contributed by atoms with E-state index in [0.29, 0.717) is 0 Å². The van der Waals surface area contributed by atoms with Crippen LogP contribution in [0, 0.1) is 11.3 Å². The first-order valence-corrected chi connectivity index (χ1v) is 8.11. The molecule has 0 aliphatic heterocycles. The van der Waals surface area contributed by atoms with Gasteiger partial charge in [0.25, 0.3) is 0 Å². The highest BCUT2D eigenvalue weighted by atomic mass is 16.5. The minimum Gasteiger partial charge on any atom is -0.464 e. The van der Waals surface area contributed by atoms with E-state index in [1.165, 1.54) is 12.7 Å². The lowest BCUT2D eigenvalue weighted by Crippen LogP contribution is -2.11. The lowest BCUT2D eigenvalue weighted by atomic mass is 10.0. The summed E-state index contributed by atoms with van der Waals surface area (Å²) in [6.45, 7) is 0. The number of hydrogen-bond donors (Lipinski definition) is 1. The molecule has 2 aromatic heterocycles. The Morgan fingerprint density at radius 3 is 2.65 bits per heavy atom. The van der Waals surface area contributed by atoms with E-state index >= 15 is 0 Å². The normalized spacial score (nSPS) is 10.3. The molecule has 0 aliphatic rings. The van der Waals surface area contributed by atoms with Crippen LogP contribution < -0.4 is 5.73 Å². The smallest absolute Gasteiger partial charge is 0.357 e.